The van der Waals surface area contributed by atoms with Crippen molar-refractivity contribution < 1.29 is 27.8 Å². The topological polar surface area (TPSA) is 93.1 Å². The van der Waals surface area contributed by atoms with Gasteiger partial charge in [-0.25, -0.2) is 13.2 Å². The van der Waals surface area contributed by atoms with E-state index in [0.29, 0.717) is 0 Å². The number of aliphatic hydroxyl groups is 1. The molecule has 0 heterocycles. The molecular weight excluding hydrogens is 422 g/mol. The molecule has 0 saturated heterocycles. The average molecular weight is 448 g/mol. The van der Waals surface area contributed by atoms with E-state index in [0.717, 1.165) is 4.31 Å². The zero-order valence-corrected chi connectivity index (χ0v) is 19.5. The number of allylic oxidation sites excluding steroid dienone is 1. The molecule has 0 unspecified atom stereocenters. The van der Waals surface area contributed by atoms with Gasteiger partial charge in [0.15, 0.2) is 5.94 Å². The molecule has 0 spiro atoms. The van der Waals surface area contributed by atoms with Crippen molar-refractivity contribution in [1.82, 2.24) is 4.31 Å². The van der Waals surface area contributed by atoms with Gasteiger partial charge in [-0.15, -0.1) is 5.54 Å². The van der Waals surface area contributed by atoms with Crippen molar-refractivity contribution in [3.8, 4) is 23.3 Å². The minimum absolute atomic E-state index is 0.0463. The summed E-state index contributed by atoms with van der Waals surface area (Å²) in [6, 6.07) is 7.95. The minimum atomic E-state index is -3.85. The Kier molecular flexibility index (Phi) is 9.45. The Balaban J connectivity index is 3.27. The Labute approximate surface area is 179 Å². The number of hydrogen-bond acceptors (Lipinski definition) is 6. The fourth-order valence-corrected chi connectivity index (χ4v) is 3.98. The molecule has 0 aliphatic carbocycles. The van der Waals surface area contributed by atoms with Crippen molar-refractivity contribution in [3.63, 3.8) is 0 Å². The molecule has 160 valence electrons. The molecule has 1 N–H and O–H groups in total. The highest BCUT2D eigenvalue weighted by molar-refractivity contribution is 7.89. The van der Waals surface area contributed by atoms with E-state index in [4.69, 9.17) is 9.47 Å². The van der Waals surface area contributed by atoms with E-state index in [1.165, 1.54) is 32.3 Å². The third-order valence-corrected chi connectivity index (χ3v) is 6.22. The number of aliphatic hydroxyl groups excluding tert-OH is 1. The van der Waals surface area contributed by atoms with Crippen LogP contribution in [0.2, 0.25) is 19.6 Å². The van der Waals surface area contributed by atoms with Crippen LogP contribution in [0.25, 0.3) is 0 Å². The van der Waals surface area contributed by atoms with Crippen molar-refractivity contribution in [3.05, 3.63) is 47.6 Å². The van der Waals surface area contributed by atoms with Crippen LogP contribution < -0.4 is 0 Å². The Hall–Kier alpha value is -2.94. The second-order valence-corrected chi connectivity index (χ2v) is 13.6. The van der Waals surface area contributed by atoms with Gasteiger partial charge in [-0.05, 0) is 18.1 Å². The quantitative estimate of drug-likeness (QED) is 0.227. The van der Waals surface area contributed by atoms with E-state index >= 15 is 0 Å². The molecule has 0 aromatic heterocycles. The third-order valence-electron chi connectivity index (χ3n) is 3.48. The van der Waals surface area contributed by atoms with Gasteiger partial charge < -0.3 is 14.6 Å². The molecule has 1 rings (SSSR count). The van der Waals surface area contributed by atoms with Crippen LogP contribution in [0.15, 0.2) is 52.5 Å². The number of rotatable bonds is 7. The number of nitrogens with zero attached hydrogens (tertiary/aromatic N) is 1. The number of methoxy groups -OCH3 is 2. The van der Waals surface area contributed by atoms with Crippen molar-refractivity contribution in [2.75, 3.05) is 27.3 Å². The molecule has 0 radical (unpaired) electrons. The molecule has 0 aliphatic heterocycles. The summed E-state index contributed by atoms with van der Waals surface area (Å²) in [7, 11) is -3.10. The fraction of sp³-hybridized carbons (Fsp3) is 0.333. The number of hydrogen-bond donors (Lipinski definition) is 1. The molecule has 0 saturated carbocycles. The Morgan fingerprint density at radius 2 is 1.67 bits per heavy atom. The highest BCUT2D eigenvalue weighted by Gasteiger charge is 2.23. The van der Waals surface area contributed by atoms with E-state index < -0.39 is 23.9 Å². The van der Waals surface area contributed by atoms with E-state index in [9.17, 15) is 18.3 Å². The van der Waals surface area contributed by atoms with Crippen molar-refractivity contribution in [2.45, 2.75) is 24.5 Å². The lowest BCUT2D eigenvalue weighted by Crippen LogP contribution is -2.32. The van der Waals surface area contributed by atoms with Crippen LogP contribution in [0.1, 0.15) is 0 Å². The summed E-state index contributed by atoms with van der Waals surface area (Å²) in [6.45, 7) is 5.89. The largest absolute Gasteiger partial charge is 0.498 e. The van der Waals surface area contributed by atoms with E-state index in [1.54, 1.807) is 18.2 Å². The van der Waals surface area contributed by atoms with Crippen LogP contribution >= 0.6 is 0 Å². The zero-order chi connectivity index (χ0) is 22.8. The molecule has 0 aliphatic rings. The first-order chi connectivity index (χ1) is 14.1. The van der Waals surface area contributed by atoms with E-state index in [-0.39, 0.29) is 29.5 Å². The van der Waals surface area contributed by atoms with Gasteiger partial charge in [-0.3, -0.25) is 0 Å². The number of carbonyl (C=O) groups excluding carboxylic acids is 1. The lowest BCUT2D eigenvalue weighted by Gasteiger charge is -2.17. The molecule has 0 fully saturated rings. The monoisotopic (exact) mass is 447 g/mol. The fourth-order valence-electron chi connectivity index (χ4n) is 2.11. The van der Waals surface area contributed by atoms with Crippen LogP contribution in [-0.2, 0) is 24.3 Å². The summed E-state index contributed by atoms with van der Waals surface area (Å²) < 4.78 is 36.7. The predicted molar refractivity (Wildman–Crippen MR) is 117 cm³/mol. The molecule has 1 aromatic carbocycles. The summed E-state index contributed by atoms with van der Waals surface area (Å²) in [5.74, 6) is 8.13. The summed E-state index contributed by atoms with van der Waals surface area (Å²) >= 11 is 0. The molecular formula is C21H25NO6SSi. The molecule has 30 heavy (non-hydrogen) atoms. The molecule has 0 amide bonds. The normalized spacial score (nSPS) is 11.8. The van der Waals surface area contributed by atoms with Gasteiger partial charge in [0.1, 0.15) is 8.07 Å². The van der Waals surface area contributed by atoms with Gasteiger partial charge in [0.2, 0.25) is 21.5 Å². The van der Waals surface area contributed by atoms with Gasteiger partial charge in [-0.2, -0.15) is 4.31 Å². The first kappa shape index (κ1) is 25.1. The first-order valence-corrected chi connectivity index (χ1v) is 13.8. The maximum atomic E-state index is 13.0. The molecule has 7 nitrogen and oxygen atoms in total. The van der Waals surface area contributed by atoms with Crippen molar-refractivity contribution >= 4 is 24.0 Å². The van der Waals surface area contributed by atoms with Gasteiger partial charge >= 0.3 is 0 Å². The Bertz CT molecular complexity index is 1040. The highest BCUT2D eigenvalue weighted by atomic mass is 32.2. The number of benzene rings is 1. The van der Waals surface area contributed by atoms with Crippen LogP contribution in [-0.4, -0.2) is 59.2 Å². The van der Waals surface area contributed by atoms with Gasteiger partial charge in [0, 0.05) is 0 Å². The van der Waals surface area contributed by atoms with Gasteiger partial charge in [-0.1, -0.05) is 49.7 Å². The minimum Gasteiger partial charge on any atom is -0.498 e. The highest BCUT2D eigenvalue weighted by Crippen LogP contribution is 2.15. The summed E-state index contributed by atoms with van der Waals surface area (Å²) in [4.78, 5) is 11.0. The predicted octanol–water partition coefficient (Wildman–Crippen LogP) is 2.34. The maximum absolute atomic E-state index is 13.0. The standard InChI is InChI=1S/C21H25NO6SSi/c1-27-20(17-23)21(28-2)19(24)13-9-14-22(15-10-16-30(3,4)5)29(25,26)18-11-7-6-8-12-18/h6-8,11-12,24H,14-15H2,1-5H3/b21-19-. The summed E-state index contributed by atoms with van der Waals surface area (Å²) in [5.41, 5.74) is 3.13. The second kappa shape index (κ2) is 11.3. The second-order valence-electron chi connectivity index (χ2n) is 6.96. The first-order valence-electron chi connectivity index (χ1n) is 8.87. The van der Waals surface area contributed by atoms with E-state index in [2.05, 4.69) is 42.9 Å². The third kappa shape index (κ3) is 7.47. The molecule has 0 atom stereocenters. The number of ether oxygens (including phenoxy) is 2. The van der Waals surface area contributed by atoms with Crippen LogP contribution in [0, 0.1) is 23.3 Å². The van der Waals surface area contributed by atoms with Crippen LogP contribution in [0.5, 0.6) is 0 Å². The average Bonchev–Trinajstić information content (AvgIpc) is 2.70. The Morgan fingerprint density at radius 3 is 2.17 bits per heavy atom. The summed E-state index contributed by atoms with van der Waals surface area (Å²) in [5, 5.41) is 10.1. The smallest absolute Gasteiger partial charge is 0.251 e. The lowest BCUT2D eigenvalue weighted by atomic mass is 10.3. The SMILES string of the molecule is COC(=C=O)/C(OC)=C(/O)C#CCN(CC#C[Si](C)(C)C)S(=O)(=O)c1ccccc1. The van der Waals surface area contributed by atoms with E-state index in [1.807, 2.05) is 0 Å². The Morgan fingerprint density at radius 1 is 1.07 bits per heavy atom. The van der Waals surface area contributed by atoms with Crippen LogP contribution in [0.3, 0.4) is 0 Å². The van der Waals surface area contributed by atoms with Crippen LogP contribution in [0.4, 0.5) is 0 Å². The van der Waals surface area contributed by atoms with Gasteiger partial charge in [0.25, 0.3) is 5.76 Å². The van der Waals surface area contributed by atoms with Crippen molar-refractivity contribution in [2.24, 2.45) is 0 Å². The lowest BCUT2D eigenvalue weighted by molar-refractivity contribution is 0.207. The molecule has 0 bridgehead atoms. The molecule has 1 aromatic rings. The maximum Gasteiger partial charge on any atom is 0.251 e. The zero-order valence-electron chi connectivity index (χ0n) is 17.6. The molecule has 9 heteroatoms. The van der Waals surface area contributed by atoms with Crippen molar-refractivity contribution in [1.29, 1.82) is 0 Å². The summed E-state index contributed by atoms with van der Waals surface area (Å²) in [6.07, 6.45) is 0. The number of sulfonamides is 1. The van der Waals surface area contributed by atoms with Gasteiger partial charge in [0.05, 0.1) is 32.2 Å².